The Bertz CT molecular complexity index is 450. The number of benzene rings is 1. The lowest BCUT2D eigenvalue weighted by Crippen LogP contribution is -2.24. The first-order valence-corrected chi connectivity index (χ1v) is 7.34. The van der Waals surface area contributed by atoms with Gasteiger partial charge in [-0.25, -0.2) is 0 Å². The summed E-state index contributed by atoms with van der Waals surface area (Å²) in [6.45, 7) is 3.34. The molecule has 0 aliphatic rings. The molecule has 0 radical (unpaired) electrons. The van der Waals surface area contributed by atoms with Gasteiger partial charge in [-0.3, -0.25) is 0 Å². The van der Waals surface area contributed by atoms with Crippen LogP contribution in [0.15, 0.2) is 35.4 Å². The van der Waals surface area contributed by atoms with E-state index in [1.807, 2.05) is 24.8 Å². The lowest BCUT2D eigenvalue weighted by atomic mass is 10.3. The van der Waals surface area contributed by atoms with E-state index >= 15 is 0 Å². The number of aromatic nitrogens is 1. The predicted molar refractivity (Wildman–Crippen MR) is 78.1 cm³/mol. The topological polar surface area (TPSA) is 51.0 Å². The Morgan fingerprint density at radius 3 is 2.94 bits per heavy atom. The molecule has 0 saturated heterocycles. The van der Waals surface area contributed by atoms with Gasteiger partial charge in [0.15, 0.2) is 0 Å². The number of nitrogens with one attached hydrogen (secondary N) is 1. The lowest BCUT2D eigenvalue weighted by Gasteiger charge is -2.13. The fourth-order valence-electron chi connectivity index (χ4n) is 1.93. The molecule has 3 N–H and O–H groups in total. The van der Waals surface area contributed by atoms with E-state index < -0.39 is 0 Å². The number of aromatic amines is 1. The number of nitrogens with two attached hydrogens (primary N) is 1. The minimum Gasteiger partial charge on any atom is -0.377 e. The molecule has 0 spiro atoms. The van der Waals surface area contributed by atoms with Crippen molar-refractivity contribution in [1.29, 1.82) is 0 Å². The van der Waals surface area contributed by atoms with Gasteiger partial charge in [0.05, 0.1) is 11.1 Å². The van der Waals surface area contributed by atoms with Crippen LogP contribution in [0.5, 0.6) is 0 Å². The Hall–Kier alpha value is -0.970. The molecule has 18 heavy (non-hydrogen) atoms. The maximum atomic E-state index is 5.66. The summed E-state index contributed by atoms with van der Waals surface area (Å²) in [7, 11) is 0. The van der Waals surface area contributed by atoms with Crippen LogP contribution in [0.4, 0.5) is 0 Å². The van der Waals surface area contributed by atoms with Crippen LogP contribution in [-0.2, 0) is 4.74 Å². The summed E-state index contributed by atoms with van der Waals surface area (Å²) in [4.78, 5) is 3.41. The van der Waals surface area contributed by atoms with Crippen LogP contribution in [0.3, 0.4) is 0 Å². The zero-order valence-corrected chi connectivity index (χ0v) is 11.5. The first-order chi connectivity index (χ1) is 8.83. The van der Waals surface area contributed by atoms with Crippen LogP contribution in [0, 0.1) is 0 Å². The standard InChI is InChI=1S/C14H20N2OS/c1-2-17-12(10-15)7-8-18-14-9-11-5-3-4-6-13(11)16-14/h3-6,9,12,16H,2,7-8,10,15H2,1H3. The van der Waals surface area contributed by atoms with Crippen molar-refractivity contribution in [3.8, 4) is 0 Å². The smallest absolute Gasteiger partial charge is 0.0732 e. The van der Waals surface area contributed by atoms with Gasteiger partial charge in [-0.1, -0.05) is 18.2 Å². The van der Waals surface area contributed by atoms with Gasteiger partial charge in [0.1, 0.15) is 0 Å². The average molecular weight is 264 g/mol. The molecule has 0 bridgehead atoms. The third kappa shape index (κ3) is 3.51. The molecule has 2 rings (SSSR count). The highest BCUT2D eigenvalue weighted by Crippen LogP contribution is 2.24. The van der Waals surface area contributed by atoms with E-state index in [0.29, 0.717) is 6.54 Å². The minimum atomic E-state index is 0.187. The molecule has 4 heteroatoms. The predicted octanol–water partition coefficient (Wildman–Crippen LogP) is 3.01. The van der Waals surface area contributed by atoms with Gasteiger partial charge in [0, 0.05) is 29.8 Å². The molecule has 0 amide bonds. The van der Waals surface area contributed by atoms with E-state index in [9.17, 15) is 0 Å². The maximum absolute atomic E-state index is 5.66. The molecular weight excluding hydrogens is 244 g/mol. The molecule has 1 unspecified atom stereocenters. The zero-order valence-electron chi connectivity index (χ0n) is 10.7. The Labute approximate surface area is 112 Å². The monoisotopic (exact) mass is 264 g/mol. The summed E-state index contributed by atoms with van der Waals surface area (Å²) in [5, 5.41) is 2.48. The lowest BCUT2D eigenvalue weighted by molar-refractivity contribution is 0.0674. The van der Waals surface area contributed by atoms with Crippen LogP contribution in [-0.4, -0.2) is 30.0 Å². The van der Waals surface area contributed by atoms with Crippen molar-refractivity contribution < 1.29 is 4.74 Å². The van der Waals surface area contributed by atoms with Gasteiger partial charge in [-0.2, -0.15) is 0 Å². The second kappa shape index (κ2) is 6.83. The summed E-state index contributed by atoms with van der Waals surface area (Å²) in [6, 6.07) is 10.5. The third-order valence-electron chi connectivity index (χ3n) is 2.87. The summed E-state index contributed by atoms with van der Waals surface area (Å²) < 4.78 is 5.54. The fraction of sp³-hybridized carbons (Fsp3) is 0.429. The molecule has 2 aromatic rings. The van der Waals surface area contributed by atoms with Gasteiger partial charge < -0.3 is 15.5 Å². The zero-order chi connectivity index (χ0) is 12.8. The highest BCUT2D eigenvalue weighted by atomic mass is 32.2. The molecule has 98 valence electrons. The molecule has 3 nitrogen and oxygen atoms in total. The first kappa shape index (κ1) is 13.5. The SMILES string of the molecule is CCOC(CN)CCSc1cc2ccccc2[nH]1. The molecule has 1 atom stereocenters. The van der Waals surface area contributed by atoms with Gasteiger partial charge >= 0.3 is 0 Å². The van der Waals surface area contributed by atoms with E-state index in [2.05, 4.69) is 29.2 Å². The van der Waals surface area contributed by atoms with Gasteiger partial charge in [0.25, 0.3) is 0 Å². The Kier molecular flexibility index (Phi) is 5.11. The van der Waals surface area contributed by atoms with Crippen molar-refractivity contribution in [2.75, 3.05) is 18.9 Å². The van der Waals surface area contributed by atoms with Crippen molar-refractivity contribution in [2.45, 2.75) is 24.5 Å². The number of H-pyrrole nitrogens is 1. The molecule has 0 saturated carbocycles. The van der Waals surface area contributed by atoms with E-state index in [0.717, 1.165) is 18.8 Å². The van der Waals surface area contributed by atoms with Crippen LogP contribution >= 0.6 is 11.8 Å². The molecule has 1 heterocycles. The van der Waals surface area contributed by atoms with Crippen LogP contribution in [0.1, 0.15) is 13.3 Å². The van der Waals surface area contributed by atoms with Crippen LogP contribution in [0.2, 0.25) is 0 Å². The Morgan fingerprint density at radius 1 is 1.39 bits per heavy atom. The van der Waals surface area contributed by atoms with Crippen molar-refractivity contribution in [3.05, 3.63) is 30.3 Å². The average Bonchev–Trinajstić information content (AvgIpc) is 2.80. The second-order valence-electron chi connectivity index (χ2n) is 4.17. The largest absolute Gasteiger partial charge is 0.377 e. The fourth-order valence-corrected chi connectivity index (χ4v) is 2.92. The summed E-state index contributed by atoms with van der Waals surface area (Å²) in [5.41, 5.74) is 6.85. The highest BCUT2D eigenvalue weighted by Gasteiger charge is 2.07. The van der Waals surface area contributed by atoms with Crippen LogP contribution < -0.4 is 5.73 Å². The first-order valence-electron chi connectivity index (χ1n) is 6.35. The van der Waals surface area contributed by atoms with Crippen molar-refractivity contribution in [3.63, 3.8) is 0 Å². The van der Waals surface area contributed by atoms with E-state index in [1.54, 1.807) is 0 Å². The minimum absolute atomic E-state index is 0.187. The van der Waals surface area contributed by atoms with E-state index in [4.69, 9.17) is 10.5 Å². The van der Waals surface area contributed by atoms with Crippen LogP contribution in [0.25, 0.3) is 10.9 Å². The summed E-state index contributed by atoms with van der Waals surface area (Å²) in [5.74, 6) is 1.02. The maximum Gasteiger partial charge on any atom is 0.0732 e. The number of hydrogen-bond acceptors (Lipinski definition) is 3. The number of fused-ring (bicyclic) bond motifs is 1. The second-order valence-corrected chi connectivity index (χ2v) is 5.31. The summed E-state index contributed by atoms with van der Waals surface area (Å²) in [6.07, 6.45) is 1.18. The molecule has 1 aromatic carbocycles. The number of thioether (sulfide) groups is 1. The number of hydrogen-bond donors (Lipinski definition) is 2. The molecule has 0 fully saturated rings. The molecule has 0 aliphatic carbocycles. The van der Waals surface area contributed by atoms with Gasteiger partial charge in [-0.15, -0.1) is 11.8 Å². The molecule has 1 aromatic heterocycles. The van der Waals surface area contributed by atoms with E-state index in [1.165, 1.54) is 15.9 Å². The van der Waals surface area contributed by atoms with Crippen molar-refractivity contribution in [1.82, 2.24) is 4.98 Å². The van der Waals surface area contributed by atoms with Gasteiger partial charge in [0.2, 0.25) is 0 Å². The van der Waals surface area contributed by atoms with E-state index in [-0.39, 0.29) is 6.10 Å². The van der Waals surface area contributed by atoms with Gasteiger partial charge in [-0.05, 0) is 25.5 Å². The normalized spacial score (nSPS) is 13.0. The Balaban J connectivity index is 1.86. The van der Waals surface area contributed by atoms with Crippen molar-refractivity contribution in [2.24, 2.45) is 5.73 Å². The Morgan fingerprint density at radius 2 is 2.22 bits per heavy atom. The number of rotatable bonds is 7. The van der Waals surface area contributed by atoms with Crippen molar-refractivity contribution >= 4 is 22.7 Å². The summed E-state index contributed by atoms with van der Waals surface area (Å²) >= 11 is 1.82. The number of ether oxygens (including phenoxy) is 1. The highest BCUT2D eigenvalue weighted by molar-refractivity contribution is 7.99. The number of para-hydroxylation sites is 1. The quantitative estimate of drug-likeness (QED) is 0.756. The molecular formula is C14H20N2OS. The molecule has 0 aliphatic heterocycles. The third-order valence-corrected chi connectivity index (χ3v) is 3.84.